The van der Waals surface area contributed by atoms with E-state index >= 15 is 0 Å². The largest absolute Gasteiger partial charge is 0.438 e. The van der Waals surface area contributed by atoms with E-state index in [-0.39, 0.29) is 0 Å². The third-order valence-corrected chi connectivity index (χ3v) is 3.68. The lowest BCUT2D eigenvalue weighted by Crippen LogP contribution is -1.79. The number of benzene rings is 2. The van der Waals surface area contributed by atoms with Gasteiger partial charge in [0.15, 0.2) is 0 Å². The summed E-state index contributed by atoms with van der Waals surface area (Å²) in [6.07, 6.45) is 1.74. The maximum atomic E-state index is 5.96. The van der Waals surface area contributed by atoms with Crippen LogP contribution in [0.25, 0.3) is 33.2 Å². The van der Waals surface area contributed by atoms with E-state index in [0.717, 1.165) is 32.5 Å². The van der Waals surface area contributed by atoms with Crippen LogP contribution in [0.1, 0.15) is 0 Å². The molecule has 4 aromatic rings. The van der Waals surface area contributed by atoms with Crippen molar-refractivity contribution in [1.82, 2.24) is 4.98 Å². The van der Waals surface area contributed by atoms with Crippen molar-refractivity contribution in [3.8, 4) is 11.1 Å². The fourth-order valence-corrected chi connectivity index (χ4v) is 2.66. The summed E-state index contributed by atoms with van der Waals surface area (Å²) in [7, 11) is 0. The van der Waals surface area contributed by atoms with E-state index < -0.39 is 0 Å². The average molecular weight is 280 g/mol. The standard InChI is InChI=1S/C17H10ClNO/c18-12-8-6-11(7-9-12)13-3-1-5-15-16(13)14-4-2-10-19-17(14)20-15/h1-10H. The molecule has 0 bridgehead atoms. The zero-order valence-electron chi connectivity index (χ0n) is 10.5. The van der Waals surface area contributed by atoms with Crippen molar-refractivity contribution in [3.63, 3.8) is 0 Å². The Morgan fingerprint density at radius 2 is 1.75 bits per heavy atom. The molecule has 3 heteroatoms. The lowest BCUT2D eigenvalue weighted by Gasteiger charge is -2.03. The van der Waals surface area contributed by atoms with Crippen molar-refractivity contribution in [2.45, 2.75) is 0 Å². The summed E-state index contributed by atoms with van der Waals surface area (Å²) < 4.78 is 5.80. The van der Waals surface area contributed by atoms with Gasteiger partial charge in [-0.3, -0.25) is 0 Å². The summed E-state index contributed by atoms with van der Waals surface area (Å²) >= 11 is 5.96. The van der Waals surface area contributed by atoms with Gasteiger partial charge in [0.25, 0.3) is 0 Å². The number of aromatic nitrogens is 1. The predicted molar refractivity (Wildman–Crippen MR) is 82.0 cm³/mol. The summed E-state index contributed by atoms with van der Waals surface area (Å²) in [5, 5.41) is 2.87. The van der Waals surface area contributed by atoms with Crippen LogP contribution in [0.2, 0.25) is 5.02 Å². The van der Waals surface area contributed by atoms with Crippen LogP contribution in [0, 0.1) is 0 Å². The van der Waals surface area contributed by atoms with Gasteiger partial charge < -0.3 is 4.42 Å². The van der Waals surface area contributed by atoms with Crippen molar-refractivity contribution < 1.29 is 4.42 Å². The van der Waals surface area contributed by atoms with Crippen LogP contribution in [0.3, 0.4) is 0 Å². The highest BCUT2D eigenvalue weighted by atomic mass is 35.5. The summed E-state index contributed by atoms with van der Waals surface area (Å²) in [5.41, 5.74) is 3.77. The second-order valence-electron chi connectivity index (χ2n) is 4.64. The van der Waals surface area contributed by atoms with Crippen LogP contribution < -0.4 is 0 Å². The van der Waals surface area contributed by atoms with Crippen LogP contribution >= 0.6 is 11.6 Å². The number of nitrogens with zero attached hydrogens (tertiary/aromatic N) is 1. The smallest absolute Gasteiger partial charge is 0.227 e. The molecule has 0 amide bonds. The molecule has 0 atom stereocenters. The lowest BCUT2D eigenvalue weighted by atomic mass is 10.0. The van der Waals surface area contributed by atoms with Crippen molar-refractivity contribution in [2.75, 3.05) is 0 Å². The molecular weight excluding hydrogens is 270 g/mol. The Labute approximate surface area is 120 Å². The molecule has 2 heterocycles. The Balaban J connectivity index is 2.11. The van der Waals surface area contributed by atoms with Gasteiger partial charge in [-0.15, -0.1) is 0 Å². The first-order chi connectivity index (χ1) is 9.83. The fourth-order valence-electron chi connectivity index (χ4n) is 2.53. The Hall–Kier alpha value is -2.32. The van der Waals surface area contributed by atoms with Crippen LogP contribution in [-0.4, -0.2) is 4.98 Å². The molecule has 0 fully saturated rings. The number of hydrogen-bond donors (Lipinski definition) is 0. The van der Waals surface area contributed by atoms with Crippen molar-refractivity contribution in [3.05, 3.63) is 65.8 Å². The van der Waals surface area contributed by atoms with E-state index in [0.29, 0.717) is 5.71 Å². The molecule has 0 aliphatic carbocycles. The number of halogens is 1. The molecule has 0 aliphatic heterocycles. The Bertz CT molecular complexity index is 909. The summed E-state index contributed by atoms with van der Waals surface area (Å²) in [6, 6.07) is 17.9. The Morgan fingerprint density at radius 3 is 2.60 bits per heavy atom. The van der Waals surface area contributed by atoms with Gasteiger partial charge in [-0.05, 0) is 41.5 Å². The van der Waals surface area contributed by atoms with Gasteiger partial charge in [0.2, 0.25) is 5.71 Å². The van der Waals surface area contributed by atoms with Gasteiger partial charge in [0, 0.05) is 22.0 Å². The Morgan fingerprint density at radius 1 is 0.900 bits per heavy atom. The molecule has 20 heavy (non-hydrogen) atoms. The molecule has 96 valence electrons. The van der Waals surface area contributed by atoms with Gasteiger partial charge in [0.1, 0.15) is 5.58 Å². The molecular formula is C17H10ClNO. The third-order valence-electron chi connectivity index (χ3n) is 3.43. The second kappa shape index (κ2) is 4.36. The molecule has 0 saturated carbocycles. The fraction of sp³-hybridized carbons (Fsp3) is 0. The molecule has 0 saturated heterocycles. The monoisotopic (exact) mass is 279 g/mol. The van der Waals surface area contributed by atoms with Crippen LogP contribution in [0.15, 0.2) is 65.2 Å². The molecule has 2 aromatic carbocycles. The maximum absolute atomic E-state index is 5.96. The molecule has 4 rings (SSSR count). The average Bonchev–Trinajstić information content (AvgIpc) is 2.86. The molecule has 0 unspecified atom stereocenters. The normalized spacial score (nSPS) is 11.2. The third kappa shape index (κ3) is 1.69. The highest BCUT2D eigenvalue weighted by Crippen LogP contribution is 2.35. The molecule has 0 radical (unpaired) electrons. The highest BCUT2D eigenvalue weighted by Gasteiger charge is 2.12. The SMILES string of the molecule is Clc1ccc(-c2cccc3oc4ncccc4c23)cc1. The van der Waals surface area contributed by atoms with Crippen LogP contribution in [0.4, 0.5) is 0 Å². The summed E-state index contributed by atoms with van der Waals surface area (Å²) in [4.78, 5) is 4.28. The maximum Gasteiger partial charge on any atom is 0.227 e. The molecule has 0 aliphatic rings. The predicted octanol–water partition coefficient (Wildman–Crippen LogP) is 5.30. The molecule has 0 spiro atoms. The van der Waals surface area contributed by atoms with Crippen LogP contribution in [0.5, 0.6) is 0 Å². The lowest BCUT2D eigenvalue weighted by molar-refractivity contribution is 0.654. The minimum atomic E-state index is 0.670. The molecule has 2 nitrogen and oxygen atoms in total. The van der Waals surface area contributed by atoms with E-state index in [9.17, 15) is 0 Å². The molecule has 2 aromatic heterocycles. The van der Waals surface area contributed by atoms with Gasteiger partial charge in [0.05, 0.1) is 0 Å². The summed E-state index contributed by atoms with van der Waals surface area (Å²) in [6.45, 7) is 0. The van der Waals surface area contributed by atoms with E-state index in [1.54, 1.807) is 6.20 Å². The topological polar surface area (TPSA) is 26.0 Å². The van der Waals surface area contributed by atoms with Crippen molar-refractivity contribution >= 4 is 33.7 Å². The minimum Gasteiger partial charge on any atom is -0.438 e. The zero-order chi connectivity index (χ0) is 13.5. The van der Waals surface area contributed by atoms with Gasteiger partial charge in [-0.1, -0.05) is 35.9 Å². The van der Waals surface area contributed by atoms with E-state index in [4.69, 9.17) is 16.0 Å². The summed E-state index contributed by atoms with van der Waals surface area (Å²) in [5.74, 6) is 0. The number of fused-ring (bicyclic) bond motifs is 3. The number of furan rings is 1. The number of pyridine rings is 1. The highest BCUT2D eigenvalue weighted by molar-refractivity contribution is 6.30. The van der Waals surface area contributed by atoms with Crippen molar-refractivity contribution in [2.24, 2.45) is 0 Å². The first-order valence-corrected chi connectivity index (χ1v) is 6.73. The van der Waals surface area contributed by atoms with Gasteiger partial charge in [-0.25, -0.2) is 4.98 Å². The van der Waals surface area contributed by atoms with Crippen LogP contribution in [-0.2, 0) is 0 Å². The molecule has 0 N–H and O–H groups in total. The van der Waals surface area contributed by atoms with E-state index in [1.807, 2.05) is 48.5 Å². The second-order valence-corrected chi connectivity index (χ2v) is 5.08. The quantitative estimate of drug-likeness (QED) is 0.472. The van der Waals surface area contributed by atoms with Gasteiger partial charge in [-0.2, -0.15) is 0 Å². The minimum absolute atomic E-state index is 0.670. The zero-order valence-corrected chi connectivity index (χ0v) is 11.3. The number of hydrogen-bond acceptors (Lipinski definition) is 2. The Kier molecular flexibility index (Phi) is 2.51. The number of rotatable bonds is 1. The van der Waals surface area contributed by atoms with Crippen molar-refractivity contribution in [1.29, 1.82) is 0 Å². The van der Waals surface area contributed by atoms with E-state index in [2.05, 4.69) is 11.1 Å². The first kappa shape index (κ1) is 11.5. The van der Waals surface area contributed by atoms with E-state index in [1.165, 1.54) is 0 Å². The first-order valence-electron chi connectivity index (χ1n) is 6.35. The van der Waals surface area contributed by atoms with Gasteiger partial charge >= 0.3 is 0 Å².